The SMILES string of the molecule is COc1cc(C(=O)N[C@H]2C[C@@H]3OCC[C@H]23)ccc1C. The Labute approximate surface area is 113 Å². The number of carbonyl (C=O) groups is 1. The lowest BCUT2D eigenvalue weighted by Crippen LogP contribution is -2.53. The molecule has 1 aliphatic carbocycles. The zero-order chi connectivity index (χ0) is 13.4. The molecule has 1 N–H and O–H groups in total. The van der Waals surface area contributed by atoms with E-state index in [0.29, 0.717) is 17.6 Å². The van der Waals surface area contributed by atoms with Crippen LogP contribution in [-0.2, 0) is 4.74 Å². The number of methoxy groups -OCH3 is 1. The van der Waals surface area contributed by atoms with Gasteiger partial charge in [0.15, 0.2) is 0 Å². The van der Waals surface area contributed by atoms with Gasteiger partial charge < -0.3 is 14.8 Å². The summed E-state index contributed by atoms with van der Waals surface area (Å²) in [5.74, 6) is 1.24. The molecule has 3 rings (SSSR count). The Bertz CT molecular complexity index is 500. The van der Waals surface area contributed by atoms with Crippen LogP contribution in [-0.4, -0.2) is 31.8 Å². The van der Waals surface area contributed by atoms with Crippen molar-refractivity contribution < 1.29 is 14.3 Å². The molecule has 0 unspecified atom stereocenters. The van der Waals surface area contributed by atoms with Gasteiger partial charge in [-0.25, -0.2) is 0 Å². The minimum absolute atomic E-state index is 0.0198. The molecule has 1 amide bonds. The van der Waals surface area contributed by atoms with Crippen molar-refractivity contribution in [3.63, 3.8) is 0 Å². The average molecular weight is 261 g/mol. The summed E-state index contributed by atoms with van der Waals surface area (Å²) >= 11 is 0. The largest absolute Gasteiger partial charge is 0.496 e. The second-order valence-corrected chi connectivity index (χ2v) is 5.36. The van der Waals surface area contributed by atoms with Gasteiger partial charge in [-0.15, -0.1) is 0 Å². The Hall–Kier alpha value is -1.55. The van der Waals surface area contributed by atoms with Crippen molar-refractivity contribution in [3.8, 4) is 5.75 Å². The van der Waals surface area contributed by atoms with Crippen LogP contribution < -0.4 is 10.1 Å². The summed E-state index contributed by atoms with van der Waals surface area (Å²) in [4.78, 5) is 12.2. The molecule has 1 aromatic rings. The number of rotatable bonds is 3. The lowest BCUT2D eigenvalue weighted by atomic mass is 9.76. The fraction of sp³-hybridized carbons (Fsp3) is 0.533. The summed E-state index contributed by atoms with van der Waals surface area (Å²) in [5, 5.41) is 3.10. The quantitative estimate of drug-likeness (QED) is 0.904. The van der Waals surface area contributed by atoms with Gasteiger partial charge in [0.2, 0.25) is 0 Å². The van der Waals surface area contributed by atoms with E-state index in [2.05, 4.69) is 5.32 Å². The van der Waals surface area contributed by atoms with Crippen LogP contribution >= 0.6 is 0 Å². The number of hydrogen-bond acceptors (Lipinski definition) is 3. The normalized spacial score (nSPS) is 28.4. The van der Waals surface area contributed by atoms with E-state index in [-0.39, 0.29) is 11.9 Å². The molecular formula is C15H19NO3. The van der Waals surface area contributed by atoms with Crippen molar-refractivity contribution in [2.75, 3.05) is 13.7 Å². The van der Waals surface area contributed by atoms with E-state index in [9.17, 15) is 4.79 Å². The number of amides is 1. The van der Waals surface area contributed by atoms with E-state index < -0.39 is 0 Å². The first-order chi connectivity index (χ1) is 9.19. The summed E-state index contributed by atoms with van der Waals surface area (Å²) in [5.41, 5.74) is 1.69. The lowest BCUT2D eigenvalue weighted by Gasteiger charge is -2.39. The van der Waals surface area contributed by atoms with Crippen molar-refractivity contribution in [1.29, 1.82) is 0 Å². The van der Waals surface area contributed by atoms with Crippen LogP contribution in [0.1, 0.15) is 28.8 Å². The monoisotopic (exact) mass is 261 g/mol. The molecule has 4 nitrogen and oxygen atoms in total. The fourth-order valence-corrected chi connectivity index (χ4v) is 2.98. The molecule has 0 bridgehead atoms. The van der Waals surface area contributed by atoms with Crippen molar-refractivity contribution in [2.45, 2.75) is 31.9 Å². The highest BCUT2D eigenvalue weighted by Gasteiger charge is 2.45. The first-order valence-corrected chi connectivity index (χ1v) is 6.76. The third-order valence-corrected chi connectivity index (χ3v) is 4.25. The van der Waals surface area contributed by atoms with E-state index in [4.69, 9.17) is 9.47 Å². The van der Waals surface area contributed by atoms with E-state index >= 15 is 0 Å². The number of nitrogens with one attached hydrogen (secondary N) is 1. The summed E-state index contributed by atoms with van der Waals surface area (Å²) in [6, 6.07) is 5.82. The molecule has 0 aromatic heterocycles. The molecule has 3 atom stereocenters. The van der Waals surface area contributed by atoms with Gasteiger partial charge in [0.1, 0.15) is 5.75 Å². The Morgan fingerprint density at radius 1 is 1.47 bits per heavy atom. The molecule has 1 saturated carbocycles. The lowest BCUT2D eigenvalue weighted by molar-refractivity contribution is 0.00809. The van der Waals surface area contributed by atoms with E-state index in [1.54, 1.807) is 13.2 Å². The molecule has 2 fully saturated rings. The average Bonchev–Trinajstić information content (AvgIpc) is 2.77. The zero-order valence-corrected chi connectivity index (χ0v) is 11.3. The van der Waals surface area contributed by atoms with Crippen LogP contribution in [0.15, 0.2) is 18.2 Å². The Balaban J connectivity index is 1.67. The zero-order valence-electron chi connectivity index (χ0n) is 11.3. The van der Waals surface area contributed by atoms with Gasteiger partial charge in [0.25, 0.3) is 5.91 Å². The minimum Gasteiger partial charge on any atom is -0.496 e. The summed E-state index contributed by atoms with van der Waals surface area (Å²) in [6.07, 6.45) is 2.38. The Morgan fingerprint density at radius 3 is 3.05 bits per heavy atom. The highest BCUT2D eigenvalue weighted by atomic mass is 16.5. The Kier molecular flexibility index (Phi) is 3.19. The minimum atomic E-state index is -0.0198. The molecule has 0 spiro atoms. The number of fused-ring (bicyclic) bond motifs is 1. The van der Waals surface area contributed by atoms with Gasteiger partial charge in [0.05, 0.1) is 13.2 Å². The topological polar surface area (TPSA) is 47.6 Å². The van der Waals surface area contributed by atoms with Crippen LogP contribution in [0.3, 0.4) is 0 Å². The van der Waals surface area contributed by atoms with E-state index in [1.807, 2.05) is 19.1 Å². The van der Waals surface area contributed by atoms with E-state index in [0.717, 1.165) is 30.8 Å². The highest BCUT2D eigenvalue weighted by molar-refractivity contribution is 5.95. The van der Waals surface area contributed by atoms with Crippen molar-refractivity contribution >= 4 is 5.91 Å². The van der Waals surface area contributed by atoms with Crippen molar-refractivity contribution in [3.05, 3.63) is 29.3 Å². The number of carbonyl (C=O) groups excluding carboxylic acids is 1. The summed E-state index contributed by atoms with van der Waals surface area (Å²) in [7, 11) is 1.62. The first kappa shape index (κ1) is 12.5. The van der Waals surface area contributed by atoms with Gasteiger partial charge in [-0.1, -0.05) is 6.07 Å². The molecular weight excluding hydrogens is 242 g/mol. The molecule has 19 heavy (non-hydrogen) atoms. The Morgan fingerprint density at radius 2 is 2.32 bits per heavy atom. The van der Waals surface area contributed by atoms with Gasteiger partial charge in [-0.3, -0.25) is 4.79 Å². The number of ether oxygens (including phenoxy) is 2. The molecule has 4 heteroatoms. The van der Waals surface area contributed by atoms with Gasteiger partial charge >= 0.3 is 0 Å². The van der Waals surface area contributed by atoms with Crippen molar-refractivity contribution in [1.82, 2.24) is 5.32 Å². The summed E-state index contributed by atoms with van der Waals surface area (Å²) < 4.78 is 10.8. The second-order valence-electron chi connectivity index (χ2n) is 5.36. The predicted octanol–water partition coefficient (Wildman–Crippen LogP) is 1.91. The molecule has 1 saturated heterocycles. The second kappa shape index (κ2) is 4.85. The van der Waals surface area contributed by atoms with Crippen LogP contribution in [0, 0.1) is 12.8 Å². The van der Waals surface area contributed by atoms with Crippen molar-refractivity contribution in [2.24, 2.45) is 5.92 Å². The maximum atomic E-state index is 12.2. The summed E-state index contributed by atoms with van der Waals surface area (Å²) in [6.45, 7) is 2.80. The van der Waals surface area contributed by atoms with Crippen LogP contribution in [0.5, 0.6) is 5.75 Å². The number of benzene rings is 1. The predicted molar refractivity (Wildman–Crippen MR) is 71.4 cm³/mol. The first-order valence-electron chi connectivity index (χ1n) is 6.76. The molecule has 1 aromatic carbocycles. The molecule has 0 radical (unpaired) electrons. The van der Waals surface area contributed by atoms with Crippen LogP contribution in [0.2, 0.25) is 0 Å². The van der Waals surface area contributed by atoms with Gasteiger partial charge in [-0.05, 0) is 37.5 Å². The van der Waals surface area contributed by atoms with Crippen LogP contribution in [0.25, 0.3) is 0 Å². The standard InChI is InChI=1S/C15H19NO3/c1-9-3-4-10(7-13(9)18-2)15(17)16-12-8-14-11(12)5-6-19-14/h3-4,7,11-12,14H,5-6,8H2,1-2H3,(H,16,17)/t11-,12+,14+/m1/s1. The smallest absolute Gasteiger partial charge is 0.251 e. The highest BCUT2D eigenvalue weighted by Crippen LogP contribution is 2.38. The maximum Gasteiger partial charge on any atom is 0.251 e. The van der Waals surface area contributed by atoms with Gasteiger partial charge in [0, 0.05) is 24.1 Å². The maximum absolute atomic E-state index is 12.2. The van der Waals surface area contributed by atoms with Crippen LogP contribution in [0.4, 0.5) is 0 Å². The molecule has 2 aliphatic rings. The fourth-order valence-electron chi connectivity index (χ4n) is 2.98. The van der Waals surface area contributed by atoms with Gasteiger partial charge in [-0.2, -0.15) is 0 Å². The molecule has 102 valence electrons. The van der Waals surface area contributed by atoms with E-state index in [1.165, 1.54) is 0 Å². The number of aryl methyl sites for hydroxylation is 1. The molecule has 1 aliphatic heterocycles. The number of hydrogen-bond donors (Lipinski definition) is 1. The molecule has 1 heterocycles. The third kappa shape index (κ3) is 2.21. The third-order valence-electron chi connectivity index (χ3n) is 4.25.